The SMILES string of the molecule is CCC(C)NC(=O)c1cccnc1C(F)(F)F.[HH]. The van der Waals surface area contributed by atoms with Gasteiger partial charge in [0, 0.05) is 13.7 Å². The van der Waals surface area contributed by atoms with E-state index in [-0.39, 0.29) is 7.47 Å². The summed E-state index contributed by atoms with van der Waals surface area (Å²) in [6.07, 6.45) is -2.96. The minimum absolute atomic E-state index is 0. The van der Waals surface area contributed by atoms with Crippen molar-refractivity contribution in [2.24, 2.45) is 0 Å². The molecule has 0 aliphatic carbocycles. The number of halogens is 3. The maximum Gasteiger partial charge on any atom is 0.434 e. The summed E-state index contributed by atoms with van der Waals surface area (Å²) in [5.41, 5.74) is -1.60. The Morgan fingerprint density at radius 1 is 1.59 bits per heavy atom. The third kappa shape index (κ3) is 3.44. The Bertz CT molecular complexity index is 410. The lowest BCUT2D eigenvalue weighted by atomic mass is 10.1. The standard InChI is InChI=1S/C11H13F3N2O.H2/c1-3-7(2)16-10(17)8-5-4-6-15-9(8)11(12,13)14;/h4-7H,3H2,1-2H3,(H,16,17);1H. The molecule has 1 heterocycles. The predicted molar refractivity (Wildman–Crippen MR) is 58.6 cm³/mol. The van der Waals surface area contributed by atoms with Crippen molar-refractivity contribution in [3.8, 4) is 0 Å². The third-order valence-electron chi connectivity index (χ3n) is 2.31. The number of carbonyl (C=O) groups excluding carboxylic acids is 1. The number of nitrogens with one attached hydrogen (secondary N) is 1. The molecule has 0 spiro atoms. The van der Waals surface area contributed by atoms with E-state index in [9.17, 15) is 18.0 Å². The molecule has 1 amide bonds. The summed E-state index contributed by atoms with van der Waals surface area (Å²) in [6.45, 7) is 3.56. The van der Waals surface area contributed by atoms with E-state index < -0.39 is 23.3 Å². The fourth-order valence-electron chi connectivity index (χ4n) is 1.22. The Kier molecular flexibility index (Phi) is 4.09. The van der Waals surface area contributed by atoms with Crippen molar-refractivity contribution >= 4 is 5.91 Å². The van der Waals surface area contributed by atoms with E-state index in [1.165, 1.54) is 6.07 Å². The van der Waals surface area contributed by atoms with Gasteiger partial charge in [-0.2, -0.15) is 13.2 Å². The molecule has 1 N–H and O–H groups in total. The van der Waals surface area contributed by atoms with Crippen LogP contribution in [0, 0.1) is 0 Å². The number of hydrogen-bond acceptors (Lipinski definition) is 2. The molecule has 1 aromatic rings. The van der Waals surface area contributed by atoms with Crippen molar-refractivity contribution < 1.29 is 19.4 Å². The van der Waals surface area contributed by atoms with Gasteiger partial charge in [-0.15, -0.1) is 0 Å². The van der Waals surface area contributed by atoms with E-state index >= 15 is 0 Å². The van der Waals surface area contributed by atoms with Gasteiger partial charge in [0.1, 0.15) is 0 Å². The average Bonchev–Trinajstić information content (AvgIpc) is 2.27. The minimum atomic E-state index is -4.62. The summed E-state index contributed by atoms with van der Waals surface area (Å²) >= 11 is 0. The first-order valence-electron chi connectivity index (χ1n) is 5.19. The summed E-state index contributed by atoms with van der Waals surface area (Å²) in [5.74, 6) is -0.750. The molecule has 1 unspecified atom stereocenters. The van der Waals surface area contributed by atoms with Gasteiger partial charge >= 0.3 is 6.18 Å². The minimum Gasteiger partial charge on any atom is -0.350 e. The fraction of sp³-hybridized carbons (Fsp3) is 0.455. The summed E-state index contributed by atoms with van der Waals surface area (Å²) in [7, 11) is 0. The van der Waals surface area contributed by atoms with Crippen molar-refractivity contribution in [1.29, 1.82) is 0 Å². The molecule has 0 aliphatic rings. The quantitative estimate of drug-likeness (QED) is 0.893. The molecule has 0 saturated carbocycles. The summed E-state index contributed by atoms with van der Waals surface area (Å²) in [5, 5.41) is 2.48. The highest BCUT2D eigenvalue weighted by atomic mass is 19.4. The first-order chi connectivity index (χ1) is 7.86. The molecule has 0 fully saturated rings. The maximum atomic E-state index is 12.6. The Hall–Kier alpha value is -1.59. The second-order valence-corrected chi connectivity index (χ2v) is 3.68. The van der Waals surface area contributed by atoms with E-state index in [0.717, 1.165) is 12.3 Å². The number of rotatable bonds is 3. The highest BCUT2D eigenvalue weighted by Crippen LogP contribution is 2.29. The van der Waals surface area contributed by atoms with Crippen LogP contribution < -0.4 is 5.32 Å². The summed E-state index contributed by atoms with van der Waals surface area (Å²) < 4.78 is 37.8. The topological polar surface area (TPSA) is 42.0 Å². The maximum absolute atomic E-state index is 12.6. The number of carbonyl (C=O) groups is 1. The number of nitrogens with zero attached hydrogens (tertiary/aromatic N) is 1. The number of amides is 1. The van der Waals surface area contributed by atoms with Crippen molar-refractivity contribution in [2.45, 2.75) is 32.5 Å². The first-order valence-corrected chi connectivity index (χ1v) is 5.19. The summed E-state index contributed by atoms with van der Waals surface area (Å²) in [4.78, 5) is 14.8. The first kappa shape index (κ1) is 13.5. The normalized spacial score (nSPS) is 13.2. The Labute approximate surface area is 98.5 Å². The zero-order valence-corrected chi connectivity index (χ0v) is 9.51. The van der Waals surface area contributed by atoms with E-state index in [4.69, 9.17) is 0 Å². The molecule has 6 heteroatoms. The molecule has 3 nitrogen and oxygen atoms in total. The van der Waals surface area contributed by atoms with Gasteiger partial charge in [0.15, 0.2) is 5.69 Å². The lowest BCUT2D eigenvalue weighted by Gasteiger charge is -2.14. The van der Waals surface area contributed by atoms with Crippen LogP contribution in [0.25, 0.3) is 0 Å². The smallest absolute Gasteiger partial charge is 0.350 e. The average molecular weight is 248 g/mol. The van der Waals surface area contributed by atoms with Crippen LogP contribution in [-0.4, -0.2) is 16.9 Å². The van der Waals surface area contributed by atoms with Crippen LogP contribution in [-0.2, 0) is 6.18 Å². The van der Waals surface area contributed by atoms with Crippen LogP contribution >= 0.6 is 0 Å². The Morgan fingerprint density at radius 3 is 2.76 bits per heavy atom. The van der Waals surface area contributed by atoms with E-state index in [0.29, 0.717) is 6.42 Å². The number of aromatic nitrogens is 1. The van der Waals surface area contributed by atoms with Crippen molar-refractivity contribution in [2.75, 3.05) is 0 Å². The van der Waals surface area contributed by atoms with Gasteiger partial charge in [-0.25, -0.2) is 0 Å². The molecule has 96 valence electrons. The molecule has 1 aromatic heterocycles. The van der Waals surface area contributed by atoms with E-state index in [1.807, 2.05) is 6.92 Å². The Morgan fingerprint density at radius 2 is 2.24 bits per heavy atom. The number of hydrogen-bond donors (Lipinski definition) is 1. The molecular weight excluding hydrogens is 233 g/mol. The molecule has 0 aromatic carbocycles. The highest BCUT2D eigenvalue weighted by Gasteiger charge is 2.36. The molecular formula is C11H15F3N2O. The van der Waals surface area contributed by atoms with Crippen LogP contribution in [0.4, 0.5) is 13.2 Å². The molecule has 0 saturated heterocycles. The largest absolute Gasteiger partial charge is 0.434 e. The van der Waals surface area contributed by atoms with Crippen LogP contribution in [0.5, 0.6) is 0 Å². The lowest BCUT2D eigenvalue weighted by molar-refractivity contribution is -0.141. The zero-order valence-electron chi connectivity index (χ0n) is 9.51. The van der Waals surface area contributed by atoms with Crippen LogP contribution in [0.15, 0.2) is 18.3 Å². The second kappa shape index (κ2) is 5.16. The molecule has 1 rings (SSSR count). The van der Waals surface area contributed by atoms with Crippen LogP contribution in [0.3, 0.4) is 0 Å². The van der Waals surface area contributed by atoms with Gasteiger partial charge in [0.2, 0.25) is 0 Å². The zero-order chi connectivity index (χ0) is 13.1. The van der Waals surface area contributed by atoms with Crippen molar-refractivity contribution in [1.82, 2.24) is 10.3 Å². The predicted octanol–water partition coefficient (Wildman–Crippen LogP) is 2.87. The van der Waals surface area contributed by atoms with Crippen molar-refractivity contribution in [3.63, 3.8) is 0 Å². The van der Waals surface area contributed by atoms with Gasteiger partial charge in [0.25, 0.3) is 5.91 Å². The molecule has 17 heavy (non-hydrogen) atoms. The fourth-order valence-corrected chi connectivity index (χ4v) is 1.22. The van der Waals surface area contributed by atoms with Crippen LogP contribution in [0.1, 0.15) is 37.7 Å². The molecule has 0 radical (unpaired) electrons. The third-order valence-corrected chi connectivity index (χ3v) is 2.31. The van der Waals surface area contributed by atoms with Gasteiger partial charge in [0.05, 0.1) is 5.56 Å². The highest BCUT2D eigenvalue weighted by molar-refractivity contribution is 5.95. The van der Waals surface area contributed by atoms with E-state index in [1.54, 1.807) is 6.92 Å². The van der Waals surface area contributed by atoms with Gasteiger partial charge in [-0.3, -0.25) is 9.78 Å². The van der Waals surface area contributed by atoms with Gasteiger partial charge < -0.3 is 5.32 Å². The molecule has 0 aliphatic heterocycles. The lowest BCUT2D eigenvalue weighted by Crippen LogP contribution is -2.33. The van der Waals surface area contributed by atoms with Crippen LogP contribution in [0.2, 0.25) is 0 Å². The van der Waals surface area contributed by atoms with Gasteiger partial charge in [-0.1, -0.05) is 6.92 Å². The monoisotopic (exact) mass is 248 g/mol. The molecule has 0 bridgehead atoms. The Balaban J connectivity index is 0.00000289. The van der Waals surface area contributed by atoms with Gasteiger partial charge in [-0.05, 0) is 25.5 Å². The van der Waals surface area contributed by atoms with Crippen molar-refractivity contribution in [3.05, 3.63) is 29.6 Å². The van der Waals surface area contributed by atoms with E-state index in [2.05, 4.69) is 10.3 Å². The number of alkyl halides is 3. The second-order valence-electron chi connectivity index (χ2n) is 3.68. The summed E-state index contributed by atoms with van der Waals surface area (Å²) in [6, 6.07) is 2.25. The number of pyridine rings is 1. The molecule has 1 atom stereocenters.